The van der Waals surface area contributed by atoms with E-state index in [1.807, 2.05) is 24.9 Å². The second kappa shape index (κ2) is 8.24. The Labute approximate surface area is 166 Å². The zero-order valence-electron chi connectivity index (χ0n) is 16.4. The molecule has 0 spiro atoms. The van der Waals surface area contributed by atoms with Crippen molar-refractivity contribution < 1.29 is 9.53 Å². The number of nitrogens with zero attached hydrogens (tertiary/aromatic N) is 2. The number of hydrogen-bond acceptors (Lipinski definition) is 3. The molecule has 5 nitrogen and oxygen atoms in total. The Morgan fingerprint density at radius 3 is 2.62 bits per heavy atom. The van der Waals surface area contributed by atoms with Crippen LogP contribution in [0.4, 0.5) is 4.79 Å². The molecule has 0 aromatic heterocycles. The standard InChI is InChI=1S/C19H29Cl2N3O2/c1-12(13-7-8-14(26-6)17(21)16(13)20)22-18(25)24(5)15-9-10-23(4)11-19(15,2)3/h7-8,12,15H,9-11H2,1-6H3,(H,22,25). The van der Waals surface area contributed by atoms with E-state index < -0.39 is 0 Å². The number of hydrogen-bond donors (Lipinski definition) is 1. The Kier molecular flexibility index (Phi) is 6.70. The predicted molar refractivity (Wildman–Crippen MR) is 107 cm³/mol. The lowest BCUT2D eigenvalue weighted by atomic mass is 9.78. The molecular weight excluding hydrogens is 373 g/mol. The average Bonchev–Trinajstić information content (AvgIpc) is 2.55. The average molecular weight is 402 g/mol. The zero-order chi connectivity index (χ0) is 19.6. The van der Waals surface area contributed by atoms with E-state index in [2.05, 4.69) is 31.1 Å². The summed E-state index contributed by atoms with van der Waals surface area (Å²) in [6.45, 7) is 8.27. The van der Waals surface area contributed by atoms with Crippen molar-refractivity contribution in [2.24, 2.45) is 5.41 Å². The van der Waals surface area contributed by atoms with Crippen LogP contribution >= 0.6 is 23.2 Å². The third-order valence-corrected chi connectivity index (χ3v) is 6.13. The molecule has 0 bridgehead atoms. The number of rotatable bonds is 4. The van der Waals surface area contributed by atoms with Gasteiger partial charge in [0, 0.05) is 19.6 Å². The highest BCUT2D eigenvalue weighted by Crippen LogP contribution is 2.37. The van der Waals surface area contributed by atoms with E-state index in [-0.39, 0.29) is 23.5 Å². The van der Waals surface area contributed by atoms with Crippen molar-refractivity contribution >= 4 is 29.2 Å². The molecule has 26 heavy (non-hydrogen) atoms. The van der Waals surface area contributed by atoms with E-state index in [0.29, 0.717) is 15.8 Å². The van der Waals surface area contributed by atoms with Crippen LogP contribution in [0.3, 0.4) is 0 Å². The van der Waals surface area contributed by atoms with Gasteiger partial charge in [0.1, 0.15) is 10.8 Å². The molecule has 1 saturated heterocycles. The molecule has 1 heterocycles. The van der Waals surface area contributed by atoms with Gasteiger partial charge in [0.2, 0.25) is 0 Å². The third-order valence-electron chi connectivity index (χ3n) is 5.25. The van der Waals surface area contributed by atoms with Crippen molar-refractivity contribution in [3.63, 3.8) is 0 Å². The minimum Gasteiger partial charge on any atom is -0.495 e. The van der Waals surface area contributed by atoms with Crippen LogP contribution in [0.5, 0.6) is 5.75 Å². The molecule has 1 aromatic rings. The van der Waals surface area contributed by atoms with Gasteiger partial charge in [-0.25, -0.2) is 4.79 Å². The predicted octanol–water partition coefficient (Wildman–Crippen LogP) is 4.43. The Hall–Kier alpha value is -1.17. The number of urea groups is 1. The lowest BCUT2D eigenvalue weighted by Crippen LogP contribution is -2.57. The summed E-state index contributed by atoms with van der Waals surface area (Å²) in [6.07, 6.45) is 0.955. The fourth-order valence-corrected chi connectivity index (χ4v) is 4.45. The Morgan fingerprint density at radius 1 is 1.38 bits per heavy atom. The highest BCUT2D eigenvalue weighted by Gasteiger charge is 2.39. The topological polar surface area (TPSA) is 44.8 Å². The molecule has 2 amide bonds. The van der Waals surface area contributed by atoms with Crippen molar-refractivity contribution in [1.29, 1.82) is 0 Å². The van der Waals surface area contributed by atoms with Crippen molar-refractivity contribution in [3.05, 3.63) is 27.7 Å². The fraction of sp³-hybridized carbons (Fsp3) is 0.632. The summed E-state index contributed by atoms with van der Waals surface area (Å²) < 4.78 is 5.17. The number of carbonyl (C=O) groups is 1. The largest absolute Gasteiger partial charge is 0.495 e. The maximum Gasteiger partial charge on any atom is 0.317 e. The van der Waals surface area contributed by atoms with Gasteiger partial charge in [-0.3, -0.25) is 0 Å². The first-order valence-corrected chi connectivity index (χ1v) is 9.57. The molecule has 1 aliphatic rings. The van der Waals surface area contributed by atoms with Crippen LogP contribution < -0.4 is 10.1 Å². The Bertz CT molecular complexity index is 666. The molecule has 0 aliphatic carbocycles. The van der Waals surface area contributed by atoms with Gasteiger partial charge < -0.3 is 19.9 Å². The van der Waals surface area contributed by atoms with Gasteiger partial charge >= 0.3 is 6.03 Å². The summed E-state index contributed by atoms with van der Waals surface area (Å²) in [6, 6.07) is 3.40. The summed E-state index contributed by atoms with van der Waals surface area (Å²) in [5.41, 5.74) is 0.797. The number of halogens is 2. The molecule has 1 aromatic carbocycles. The summed E-state index contributed by atoms with van der Waals surface area (Å²) in [5.74, 6) is 0.518. The molecule has 1 N–H and O–H groups in total. The SMILES string of the molecule is COc1ccc(C(C)NC(=O)N(C)C2CCN(C)CC2(C)C)c(Cl)c1Cl. The van der Waals surface area contributed by atoms with Crippen molar-refractivity contribution in [1.82, 2.24) is 15.1 Å². The highest BCUT2D eigenvalue weighted by atomic mass is 35.5. The first kappa shape index (κ1) is 21.1. The number of piperidine rings is 1. The molecule has 0 radical (unpaired) electrons. The smallest absolute Gasteiger partial charge is 0.317 e. The molecule has 2 rings (SSSR count). The zero-order valence-corrected chi connectivity index (χ0v) is 17.9. The van der Waals surface area contributed by atoms with Gasteiger partial charge in [-0.1, -0.05) is 43.1 Å². The second-order valence-electron chi connectivity index (χ2n) is 7.80. The van der Waals surface area contributed by atoms with Crippen molar-refractivity contribution in [2.45, 2.75) is 39.3 Å². The number of nitrogens with one attached hydrogen (secondary N) is 1. The van der Waals surface area contributed by atoms with Crippen LogP contribution in [0.25, 0.3) is 0 Å². The monoisotopic (exact) mass is 401 g/mol. The first-order chi connectivity index (χ1) is 12.1. The highest BCUT2D eigenvalue weighted by molar-refractivity contribution is 6.43. The molecule has 0 saturated carbocycles. The van der Waals surface area contributed by atoms with Crippen LogP contribution in [0.15, 0.2) is 12.1 Å². The van der Waals surface area contributed by atoms with Crippen LogP contribution in [0.1, 0.15) is 38.8 Å². The van der Waals surface area contributed by atoms with Crippen LogP contribution in [0.2, 0.25) is 10.0 Å². The Morgan fingerprint density at radius 2 is 2.04 bits per heavy atom. The minimum atomic E-state index is -0.268. The van der Waals surface area contributed by atoms with Crippen LogP contribution in [-0.4, -0.2) is 56.2 Å². The molecule has 2 atom stereocenters. The molecule has 2 unspecified atom stereocenters. The van der Waals surface area contributed by atoms with E-state index >= 15 is 0 Å². The van der Waals surface area contributed by atoms with Crippen molar-refractivity contribution in [3.8, 4) is 5.75 Å². The number of ether oxygens (including phenoxy) is 1. The van der Waals surface area contributed by atoms with Gasteiger partial charge in [0.25, 0.3) is 0 Å². The van der Waals surface area contributed by atoms with Crippen LogP contribution in [-0.2, 0) is 0 Å². The number of benzene rings is 1. The molecule has 1 fully saturated rings. The van der Waals surface area contributed by atoms with Crippen molar-refractivity contribution in [2.75, 3.05) is 34.3 Å². The van der Waals surface area contributed by atoms with Gasteiger partial charge in [-0.15, -0.1) is 0 Å². The summed E-state index contributed by atoms with van der Waals surface area (Å²) in [5, 5.41) is 3.80. The lowest BCUT2D eigenvalue weighted by Gasteiger charge is -2.47. The van der Waals surface area contributed by atoms with E-state index in [0.717, 1.165) is 25.1 Å². The van der Waals surface area contributed by atoms with Gasteiger partial charge in [-0.2, -0.15) is 0 Å². The second-order valence-corrected chi connectivity index (χ2v) is 8.55. The molecule has 146 valence electrons. The number of amides is 2. The number of carbonyl (C=O) groups excluding carboxylic acids is 1. The molecule has 7 heteroatoms. The summed E-state index contributed by atoms with van der Waals surface area (Å²) in [4.78, 5) is 16.9. The summed E-state index contributed by atoms with van der Waals surface area (Å²) >= 11 is 12.6. The van der Waals surface area contributed by atoms with E-state index in [4.69, 9.17) is 27.9 Å². The number of methoxy groups -OCH3 is 1. The molecule has 1 aliphatic heterocycles. The first-order valence-electron chi connectivity index (χ1n) is 8.82. The van der Waals surface area contributed by atoms with Gasteiger partial charge in [0.05, 0.1) is 18.2 Å². The van der Waals surface area contributed by atoms with E-state index in [9.17, 15) is 4.79 Å². The number of likely N-dealkylation sites (tertiary alicyclic amines) is 1. The quantitative estimate of drug-likeness (QED) is 0.810. The third kappa shape index (κ3) is 4.38. The maximum atomic E-state index is 12.8. The van der Waals surface area contributed by atoms with Gasteiger partial charge in [-0.05, 0) is 44.0 Å². The van der Waals surface area contributed by atoms with E-state index in [1.165, 1.54) is 0 Å². The minimum absolute atomic E-state index is 0.0311. The lowest BCUT2D eigenvalue weighted by molar-refractivity contribution is 0.0446. The van der Waals surface area contributed by atoms with E-state index in [1.54, 1.807) is 13.2 Å². The van der Waals surface area contributed by atoms with Gasteiger partial charge in [0.15, 0.2) is 0 Å². The molecular formula is C19H29Cl2N3O2. The normalized spacial score (nSPS) is 21.2. The Balaban J connectivity index is 2.10. The fourth-order valence-electron chi connectivity index (χ4n) is 3.88. The summed E-state index contributed by atoms with van der Waals surface area (Å²) in [7, 11) is 5.53. The van der Waals surface area contributed by atoms with Crippen LogP contribution in [0, 0.1) is 5.41 Å². The maximum absolute atomic E-state index is 12.8.